The molecule has 0 heteroatoms. The summed E-state index contributed by atoms with van der Waals surface area (Å²) in [6, 6.07) is 20.8. The highest BCUT2D eigenvalue weighted by molar-refractivity contribution is 5.28. The van der Waals surface area contributed by atoms with Crippen LogP contribution in [0.3, 0.4) is 0 Å². The second-order valence-corrected chi connectivity index (χ2v) is 4.13. The molecule has 0 radical (unpaired) electrons. The minimum atomic E-state index is 1.30. The molecule has 138 valence electrons. The fourth-order valence-corrected chi connectivity index (χ4v) is 2.06. The summed E-state index contributed by atoms with van der Waals surface area (Å²) in [6.07, 6.45) is 5.38. The lowest BCUT2D eigenvalue weighted by Crippen LogP contribution is -2.00. The first-order chi connectivity index (χ1) is 12.0. The first-order valence-corrected chi connectivity index (χ1v) is 10.0. The summed E-state index contributed by atoms with van der Waals surface area (Å²) in [4.78, 5) is 0. The minimum absolute atomic E-state index is 1.30. The lowest BCUT2D eigenvalue weighted by molar-refractivity contribution is 0.685. The van der Waals surface area contributed by atoms with Crippen molar-refractivity contribution in [3.63, 3.8) is 0 Å². The van der Waals surface area contributed by atoms with E-state index in [4.69, 9.17) is 0 Å². The highest BCUT2D eigenvalue weighted by Crippen LogP contribution is 2.19. The SMILES string of the molecule is CC.CC.CC.CC.c1ccc2c(c1)CCCC2.c1ccccc1. The summed E-state index contributed by atoms with van der Waals surface area (Å²) < 4.78 is 0. The van der Waals surface area contributed by atoms with Crippen molar-refractivity contribution in [2.75, 3.05) is 0 Å². The average molecular weight is 331 g/mol. The topological polar surface area (TPSA) is 0 Å². The Morgan fingerprint density at radius 1 is 0.417 bits per heavy atom. The van der Waals surface area contributed by atoms with E-state index in [1.54, 1.807) is 11.1 Å². The minimum Gasteiger partial charge on any atom is -0.0683 e. The van der Waals surface area contributed by atoms with Crippen LogP contribution in [0.25, 0.3) is 0 Å². The lowest BCUT2D eigenvalue weighted by atomic mass is 9.92. The maximum atomic E-state index is 2.26. The molecule has 0 unspecified atom stereocenters. The molecule has 0 heterocycles. The Kier molecular flexibility index (Phi) is 30.0. The van der Waals surface area contributed by atoms with E-state index in [2.05, 4.69) is 24.3 Å². The van der Waals surface area contributed by atoms with Crippen LogP contribution in [0.15, 0.2) is 60.7 Å². The van der Waals surface area contributed by atoms with Gasteiger partial charge >= 0.3 is 0 Å². The summed E-state index contributed by atoms with van der Waals surface area (Å²) in [5, 5.41) is 0. The third-order valence-corrected chi connectivity index (χ3v) is 2.93. The fraction of sp³-hybridized carbons (Fsp3) is 0.500. The van der Waals surface area contributed by atoms with Crippen LogP contribution in [0, 0.1) is 0 Å². The molecule has 2 aromatic carbocycles. The van der Waals surface area contributed by atoms with Crippen LogP contribution in [0.4, 0.5) is 0 Å². The normalized spacial score (nSPS) is 9.83. The summed E-state index contributed by atoms with van der Waals surface area (Å²) in [6.45, 7) is 16.0. The van der Waals surface area contributed by atoms with Crippen molar-refractivity contribution < 1.29 is 0 Å². The molecule has 0 amide bonds. The zero-order chi connectivity index (χ0) is 19.1. The zero-order valence-corrected chi connectivity index (χ0v) is 17.6. The van der Waals surface area contributed by atoms with E-state index in [9.17, 15) is 0 Å². The predicted octanol–water partition coefficient (Wildman–Crippen LogP) is 8.36. The fourth-order valence-electron chi connectivity index (χ4n) is 2.06. The zero-order valence-electron chi connectivity index (χ0n) is 17.6. The average Bonchev–Trinajstić information content (AvgIpc) is 2.76. The highest BCUT2D eigenvalue weighted by Gasteiger charge is 2.05. The van der Waals surface area contributed by atoms with Gasteiger partial charge in [-0.05, 0) is 36.8 Å². The van der Waals surface area contributed by atoms with Gasteiger partial charge in [-0.3, -0.25) is 0 Å². The third-order valence-electron chi connectivity index (χ3n) is 2.93. The van der Waals surface area contributed by atoms with E-state index >= 15 is 0 Å². The van der Waals surface area contributed by atoms with Crippen LogP contribution in [0.5, 0.6) is 0 Å². The molecule has 3 rings (SSSR count). The van der Waals surface area contributed by atoms with Gasteiger partial charge in [0, 0.05) is 0 Å². The number of rotatable bonds is 0. The molecule has 0 fully saturated rings. The van der Waals surface area contributed by atoms with Crippen molar-refractivity contribution in [2.24, 2.45) is 0 Å². The van der Waals surface area contributed by atoms with Crippen LogP contribution in [-0.4, -0.2) is 0 Å². The molecule has 0 N–H and O–H groups in total. The Morgan fingerprint density at radius 3 is 0.917 bits per heavy atom. The van der Waals surface area contributed by atoms with E-state index in [0.29, 0.717) is 0 Å². The van der Waals surface area contributed by atoms with Crippen LogP contribution < -0.4 is 0 Å². The van der Waals surface area contributed by atoms with Crippen LogP contribution in [-0.2, 0) is 12.8 Å². The number of hydrogen-bond acceptors (Lipinski definition) is 0. The van der Waals surface area contributed by atoms with Gasteiger partial charge in [0.2, 0.25) is 0 Å². The van der Waals surface area contributed by atoms with Gasteiger partial charge in [-0.15, -0.1) is 0 Å². The molecule has 0 aromatic heterocycles. The number of fused-ring (bicyclic) bond motifs is 1. The standard InChI is InChI=1S/C10H12.C6H6.4C2H6/c1-2-6-10-8-4-3-7-9(10)5-1;1-2-4-6-5-3-1;4*1-2/h1-2,5-6H,3-4,7-8H2;1-6H;4*1-2H3. The van der Waals surface area contributed by atoms with Gasteiger partial charge < -0.3 is 0 Å². The first kappa shape index (κ1) is 27.3. The second-order valence-electron chi connectivity index (χ2n) is 4.13. The molecular formula is C24H42. The van der Waals surface area contributed by atoms with Crippen molar-refractivity contribution >= 4 is 0 Å². The Labute approximate surface area is 153 Å². The monoisotopic (exact) mass is 330 g/mol. The van der Waals surface area contributed by atoms with Crippen LogP contribution in [0.2, 0.25) is 0 Å². The third kappa shape index (κ3) is 15.3. The van der Waals surface area contributed by atoms with Crippen LogP contribution >= 0.6 is 0 Å². The molecule has 0 atom stereocenters. The lowest BCUT2D eigenvalue weighted by Gasteiger charge is -2.13. The number of benzene rings is 2. The molecule has 0 aliphatic heterocycles. The van der Waals surface area contributed by atoms with E-state index in [1.165, 1.54) is 25.7 Å². The van der Waals surface area contributed by atoms with E-state index in [0.717, 1.165) is 0 Å². The Balaban J connectivity index is -0.000000273. The second kappa shape index (κ2) is 26.3. The van der Waals surface area contributed by atoms with Crippen molar-refractivity contribution in [2.45, 2.75) is 81.1 Å². The van der Waals surface area contributed by atoms with Gasteiger partial charge in [-0.2, -0.15) is 0 Å². The largest absolute Gasteiger partial charge is 0.0683 e. The maximum Gasteiger partial charge on any atom is -0.0276 e. The smallest absolute Gasteiger partial charge is 0.0276 e. The molecule has 1 aliphatic rings. The van der Waals surface area contributed by atoms with Gasteiger partial charge in [0.25, 0.3) is 0 Å². The molecule has 0 saturated heterocycles. The van der Waals surface area contributed by atoms with Crippen molar-refractivity contribution in [1.82, 2.24) is 0 Å². The van der Waals surface area contributed by atoms with Crippen molar-refractivity contribution in [1.29, 1.82) is 0 Å². The van der Waals surface area contributed by atoms with Crippen LogP contribution in [0.1, 0.15) is 79.4 Å². The highest BCUT2D eigenvalue weighted by atomic mass is 14.1. The summed E-state index contributed by atoms with van der Waals surface area (Å²) in [5.41, 5.74) is 3.16. The van der Waals surface area contributed by atoms with E-state index in [1.807, 2.05) is 91.8 Å². The quantitative estimate of drug-likeness (QED) is 0.455. The predicted molar refractivity (Wildman–Crippen MR) is 115 cm³/mol. The van der Waals surface area contributed by atoms with Crippen molar-refractivity contribution in [3.8, 4) is 0 Å². The molecular weight excluding hydrogens is 288 g/mol. The molecule has 0 nitrogen and oxygen atoms in total. The first-order valence-electron chi connectivity index (χ1n) is 10.0. The van der Waals surface area contributed by atoms with Gasteiger partial charge in [0.1, 0.15) is 0 Å². The Hall–Kier alpha value is -1.56. The molecule has 1 aliphatic carbocycles. The molecule has 2 aromatic rings. The van der Waals surface area contributed by atoms with Gasteiger partial charge in [0.05, 0.1) is 0 Å². The Bertz CT molecular complexity index is 352. The summed E-state index contributed by atoms with van der Waals surface area (Å²) in [7, 11) is 0. The molecule has 0 bridgehead atoms. The number of hydrogen-bond donors (Lipinski definition) is 0. The molecule has 24 heavy (non-hydrogen) atoms. The summed E-state index contributed by atoms with van der Waals surface area (Å²) in [5.74, 6) is 0. The maximum absolute atomic E-state index is 2.26. The van der Waals surface area contributed by atoms with E-state index in [-0.39, 0.29) is 0 Å². The summed E-state index contributed by atoms with van der Waals surface area (Å²) >= 11 is 0. The number of aryl methyl sites for hydroxylation is 2. The van der Waals surface area contributed by atoms with E-state index < -0.39 is 0 Å². The van der Waals surface area contributed by atoms with Gasteiger partial charge in [-0.1, -0.05) is 116 Å². The van der Waals surface area contributed by atoms with Gasteiger partial charge in [0.15, 0.2) is 0 Å². The van der Waals surface area contributed by atoms with Crippen molar-refractivity contribution in [3.05, 3.63) is 71.8 Å². The van der Waals surface area contributed by atoms with Gasteiger partial charge in [-0.25, -0.2) is 0 Å². The Morgan fingerprint density at radius 2 is 0.667 bits per heavy atom. The molecule has 0 saturated carbocycles. The molecule has 0 spiro atoms.